The first-order valence-electron chi connectivity index (χ1n) is 19.0. The van der Waals surface area contributed by atoms with E-state index >= 15 is 0 Å². The van der Waals surface area contributed by atoms with Crippen LogP contribution >= 0.6 is 0 Å². The summed E-state index contributed by atoms with van der Waals surface area (Å²) in [6.45, 7) is 6.38. The van der Waals surface area contributed by atoms with Crippen molar-refractivity contribution in [3.63, 3.8) is 0 Å². The van der Waals surface area contributed by atoms with Crippen LogP contribution in [0.3, 0.4) is 0 Å². The molecule has 1 aromatic heterocycles. The van der Waals surface area contributed by atoms with Crippen molar-refractivity contribution in [2.75, 3.05) is 0 Å². The molecule has 0 saturated heterocycles. The Labute approximate surface area is 315 Å². The Kier molecular flexibility index (Phi) is 6.81. The highest BCUT2D eigenvalue weighted by Gasteiger charge is 2.31. The molecular formula is C53H37N. The largest absolute Gasteiger partial charge is 0.313 e. The summed E-state index contributed by atoms with van der Waals surface area (Å²) in [6.07, 6.45) is 4.07. The maximum Gasteiger partial charge on any atom is 0.0537 e. The first-order chi connectivity index (χ1) is 26.7. The number of rotatable bonds is 5. The number of fused-ring (bicyclic) bond motifs is 7. The first kappa shape index (κ1) is 30.9. The van der Waals surface area contributed by atoms with Crippen molar-refractivity contribution in [2.45, 2.75) is 19.8 Å². The molecule has 1 heteroatoms. The van der Waals surface area contributed by atoms with Gasteiger partial charge in [0.2, 0.25) is 0 Å². The van der Waals surface area contributed by atoms with Crippen LogP contribution in [0.1, 0.15) is 24.6 Å². The maximum atomic E-state index is 4.12. The summed E-state index contributed by atoms with van der Waals surface area (Å²) in [4.78, 5) is 0. The monoisotopic (exact) mass is 687 g/mol. The van der Waals surface area contributed by atoms with E-state index in [1.807, 2.05) is 6.08 Å². The molecule has 254 valence electrons. The number of nitrogens with zero attached hydrogens (tertiary/aromatic N) is 1. The molecule has 0 bridgehead atoms. The van der Waals surface area contributed by atoms with Crippen LogP contribution in [0.5, 0.6) is 0 Å². The number of allylic oxidation sites excluding steroid dienone is 3. The second kappa shape index (κ2) is 11.9. The van der Waals surface area contributed by atoms with Gasteiger partial charge in [-0.15, -0.1) is 0 Å². The van der Waals surface area contributed by atoms with Crippen molar-refractivity contribution >= 4 is 38.0 Å². The van der Waals surface area contributed by atoms with Crippen molar-refractivity contribution < 1.29 is 0 Å². The molecule has 54 heavy (non-hydrogen) atoms. The Morgan fingerprint density at radius 2 is 1.00 bits per heavy atom. The van der Waals surface area contributed by atoms with Crippen LogP contribution in [0.25, 0.3) is 99.3 Å². The van der Waals surface area contributed by atoms with Crippen LogP contribution in [-0.4, -0.2) is 4.57 Å². The molecule has 0 spiro atoms. The second-order valence-electron chi connectivity index (χ2n) is 14.7. The highest BCUT2D eigenvalue weighted by atomic mass is 15.0. The summed E-state index contributed by atoms with van der Waals surface area (Å²) in [5, 5.41) is 6.51. The van der Waals surface area contributed by atoms with Crippen LogP contribution in [0.2, 0.25) is 0 Å². The SMILES string of the molecule is C=CC1=C(C)c2c(n(-c3ccc(-c4ccc5c6c(cccc46)-c4c-5c(-c5ccccc5)c5ccccc5c4-c4ccccc4)cc3)c3ccccc23)CC1. The number of para-hydroxylation sites is 1. The zero-order valence-corrected chi connectivity index (χ0v) is 30.2. The van der Waals surface area contributed by atoms with Crippen LogP contribution in [0, 0.1) is 0 Å². The van der Waals surface area contributed by atoms with E-state index in [4.69, 9.17) is 0 Å². The fourth-order valence-electron chi connectivity index (χ4n) is 9.75. The number of aromatic nitrogens is 1. The molecular weight excluding hydrogens is 651 g/mol. The lowest BCUT2D eigenvalue weighted by atomic mass is 9.82. The van der Waals surface area contributed by atoms with Gasteiger partial charge < -0.3 is 4.57 Å². The van der Waals surface area contributed by atoms with Crippen LogP contribution < -0.4 is 0 Å². The molecule has 9 aromatic rings. The molecule has 1 heterocycles. The number of hydrogen-bond donors (Lipinski definition) is 0. The molecule has 2 aliphatic rings. The molecule has 0 atom stereocenters. The van der Waals surface area contributed by atoms with Gasteiger partial charge in [0.05, 0.1) is 5.52 Å². The third kappa shape index (κ3) is 4.33. The minimum atomic E-state index is 1.00. The van der Waals surface area contributed by atoms with Crippen molar-refractivity contribution in [1.82, 2.24) is 4.57 Å². The third-order valence-corrected chi connectivity index (χ3v) is 12.1. The van der Waals surface area contributed by atoms with E-state index < -0.39 is 0 Å². The molecule has 1 nitrogen and oxygen atoms in total. The van der Waals surface area contributed by atoms with E-state index in [2.05, 4.69) is 182 Å². The Hall–Kier alpha value is -6.70. The Bertz CT molecular complexity index is 2940. The van der Waals surface area contributed by atoms with E-state index in [1.54, 1.807) is 0 Å². The smallest absolute Gasteiger partial charge is 0.0537 e. The zero-order valence-electron chi connectivity index (χ0n) is 30.2. The van der Waals surface area contributed by atoms with Gasteiger partial charge >= 0.3 is 0 Å². The molecule has 0 unspecified atom stereocenters. The standard InChI is InChI=1S/C53H37N/c1-3-34-27-32-47-48(33(34)2)43-21-12-13-24-46(43)54(47)38-28-25-35(26-29-38)39-30-31-45-51-40(39)22-14-23-44(51)52-49(36-15-6-4-7-16-36)41-19-10-11-20-42(41)50(53(45)52)37-17-8-5-9-18-37/h3-26,28-31H,1,27,32H2,2H3. The first-order valence-corrected chi connectivity index (χ1v) is 19.0. The Morgan fingerprint density at radius 1 is 0.444 bits per heavy atom. The van der Waals surface area contributed by atoms with E-state index in [1.165, 1.54) is 116 Å². The average Bonchev–Trinajstić information content (AvgIpc) is 3.75. The van der Waals surface area contributed by atoms with Gasteiger partial charge in [-0.25, -0.2) is 0 Å². The predicted octanol–water partition coefficient (Wildman–Crippen LogP) is 14.5. The summed E-state index contributed by atoms with van der Waals surface area (Å²) in [6, 6.07) is 60.7. The van der Waals surface area contributed by atoms with Crippen LogP contribution in [-0.2, 0) is 6.42 Å². The lowest BCUT2D eigenvalue weighted by molar-refractivity contribution is 0.862. The van der Waals surface area contributed by atoms with Crippen molar-refractivity contribution in [3.05, 3.63) is 193 Å². The summed E-state index contributed by atoms with van der Waals surface area (Å²) in [5.74, 6) is 0. The summed E-state index contributed by atoms with van der Waals surface area (Å²) >= 11 is 0. The Balaban J connectivity index is 1.13. The molecule has 8 aromatic carbocycles. The highest BCUT2D eigenvalue weighted by Crippen LogP contribution is 2.58. The van der Waals surface area contributed by atoms with E-state index in [0.29, 0.717) is 0 Å². The van der Waals surface area contributed by atoms with E-state index in [-0.39, 0.29) is 0 Å². The normalized spacial score (nSPS) is 13.1. The zero-order chi connectivity index (χ0) is 35.9. The summed E-state index contributed by atoms with van der Waals surface area (Å²) in [5.41, 5.74) is 20.8. The summed E-state index contributed by atoms with van der Waals surface area (Å²) < 4.78 is 2.49. The van der Waals surface area contributed by atoms with Gasteiger partial charge in [-0.05, 0) is 126 Å². The minimum Gasteiger partial charge on any atom is -0.313 e. The summed E-state index contributed by atoms with van der Waals surface area (Å²) in [7, 11) is 0. The maximum absolute atomic E-state index is 4.12. The van der Waals surface area contributed by atoms with Gasteiger partial charge in [-0.1, -0.05) is 158 Å². The molecule has 0 fully saturated rings. The average molecular weight is 688 g/mol. The highest BCUT2D eigenvalue weighted by molar-refractivity contribution is 6.28. The lowest BCUT2D eigenvalue weighted by Crippen LogP contribution is -2.07. The topological polar surface area (TPSA) is 4.93 Å². The fourth-order valence-corrected chi connectivity index (χ4v) is 9.75. The molecule has 2 aliphatic carbocycles. The quantitative estimate of drug-likeness (QED) is 0.170. The van der Waals surface area contributed by atoms with Crippen LogP contribution in [0.15, 0.2) is 182 Å². The van der Waals surface area contributed by atoms with Gasteiger partial charge in [-0.3, -0.25) is 0 Å². The molecule has 0 N–H and O–H groups in total. The minimum absolute atomic E-state index is 1.00. The van der Waals surface area contributed by atoms with E-state index in [0.717, 1.165) is 12.8 Å². The third-order valence-electron chi connectivity index (χ3n) is 12.1. The lowest BCUT2D eigenvalue weighted by Gasteiger charge is -2.20. The number of benzene rings is 8. The molecule has 0 radical (unpaired) electrons. The molecule has 0 saturated carbocycles. The van der Waals surface area contributed by atoms with E-state index in [9.17, 15) is 0 Å². The van der Waals surface area contributed by atoms with Gasteiger partial charge in [0.25, 0.3) is 0 Å². The Morgan fingerprint density at radius 3 is 1.65 bits per heavy atom. The van der Waals surface area contributed by atoms with Crippen molar-refractivity contribution in [3.8, 4) is 61.3 Å². The van der Waals surface area contributed by atoms with Gasteiger partial charge in [0.1, 0.15) is 0 Å². The second-order valence-corrected chi connectivity index (χ2v) is 14.7. The molecule has 0 amide bonds. The molecule has 11 rings (SSSR count). The van der Waals surface area contributed by atoms with Crippen LogP contribution in [0.4, 0.5) is 0 Å². The van der Waals surface area contributed by atoms with Crippen molar-refractivity contribution in [1.29, 1.82) is 0 Å². The van der Waals surface area contributed by atoms with Gasteiger partial charge in [0, 0.05) is 22.3 Å². The fraction of sp³-hybridized carbons (Fsp3) is 0.0566. The number of hydrogen-bond acceptors (Lipinski definition) is 0. The van der Waals surface area contributed by atoms with Crippen molar-refractivity contribution in [2.24, 2.45) is 0 Å². The van der Waals surface area contributed by atoms with Gasteiger partial charge in [0.15, 0.2) is 0 Å². The van der Waals surface area contributed by atoms with Gasteiger partial charge in [-0.2, -0.15) is 0 Å². The molecule has 0 aliphatic heterocycles. The predicted molar refractivity (Wildman–Crippen MR) is 230 cm³/mol.